The summed E-state index contributed by atoms with van der Waals surface area (Å²) < 4.78 is 16.0. The molecule has 0 unspecified atom stereocenters. The molecule has 0 spiro atoms. The Balaban J connectivity index is 1.65. The van der Waals surface area contributed by atoms with Crippen LogP contribution in [-0.2, 0) is 6.42 Å². The summed E-state index contributed by atoms with van der Waals surface area (Å²) in [5.41, 5.74) is 0.368. The number of hydrogen-bond acceptors (Lipinski definition) is 5. The number of ether oxygens (including phenoxy) is 2. The molecular formula is C21H23NO5. The summed E-state index contributed by atoms with van der Waals surface area (Å²) in [7, 11) is 3.15. The lowest BCUT2D eigenvalue weighted by Gasteiger charge is -2.23. The summed E-state index contributed by atoms with van der Waals surface area (Å²) >= 11 is 0. The van der Waals surface area contributed by atoms with E-state index in [0.29, 0.717) is 17.8 Å². The van der Waals surface area contributed by atoms with Crippen molar-refractivity contribution in [2.24, 2.45) is 0 Å². The number of methoxy groups -OCH3 is 2. The predicted molar refractivity (Wildman–Crippen MR) is 102 cm³/mol. The first-order valence-corrected chi connectivity index (χ1v) is 8.62. The Morgan fingerprint density at radius 3 is 2.56 bits per heavy atom. The smallest absolute Gasteiger partial charge is 0.287 e. The summed E-state index contributed by atoms with van der Waals surface area (Å²) in [4.78, 5) is 12.4. The molecule has 0 bridgehead atoms. The van der Waals surface area contributed by atoms with Gasteiger partial charge in [0.15, 0.2) is 17.1 Å². The molecule has 6 nitrogen and oxygen atoms in total. The zero-order valence-electron chi connectivity index (χ0n) is 15.6. The third-order valence-electron chi connectivity index (χ3n) is 4.33. The van der Waals surface area contributed by atoms with Crippen LogP contribution in [0.15, 0.2) is 52.9 Å². The number of rotatable bonds is 7. The molecule has 0 fully saturated rings. The molecule has 0 aliphatic heterocycles. The van der Waals surface area contributed by atoms with Gasteiger partial charge in [-0.05, 0) is 36.8 Å². The van der Waals surface area contributed by atoms with Crippen molar-refractivity contribution in [2.45, 2.75) is 18.9 Å². The monoisotopic (exact) mass is 369 g/mol. The fourth-order valence-corrected chi connectivity index (χ4v) is 2.91. The van der Waals surface area contributed by atoms with Gasteiger partial charge >= 0.3 is 0 Å². The Kier molecular flexibility index (Phi) is 5.37. The molecule has 0 radical (unpaired) electrons. The lowest BCUT2D eigenvalue weighted by molar-refractivity contribution is 0.0545. The molecular weight excluding hydrogens is 346 g/mol. The van der Waals surface area contributed by atoms with Crippen LogP contribution < -0.4 is 14.8 Å². The first kappa shape index (κ1) is 18.8. The van der Waals surface area contributed by atoms with E-state index in [1.807, 2.05) is 36.4 Å². The van der Waals surface area contributed by atoms with Crippen LogP contribution in [0.5, 0.6) is 11.5 Å². The molecule has 3 aromatic rings. The number of carbonyl (C=O) groups excluding carboxylic acids is 1. The summed E-state index contributed by atoms with van der Waals surface area (Å²) in [5, 5.41) is 14.1. The number of carbonyl (C=O) groups is 1. The van der Waals surface area contributed by atoms with E-state index in [1.165, 1.54) is 0 Å². The second-order valence-electron chi connectivity index (χ2n) is 6.69. The van der Waals surface area contributed by atoms with Crippen LogP contribution in [0.1, 0.15) is 23.0 Å². The first-order chi connectivity index (χ1) is 12.9. The third kappa shape index (κ3) is 4.41. The fourth-order valence-electron chi connectivity index (χ4n) is 2.91. The zero-order valence-corrected chi connectivity index (χ0v) is 15.6. The van der Waals surface area contributed by atoms with Crippen LogP contribution in [0, 0.1) is 0 Å². The van der Waals surface area contributed by atoms with Crippen molar-refractivity contribution >= 4 is 16.9 Å². The van der Waals surface area contributed by atoms with Crippen LogP contribution in [0.4, 0.5) is 0 Å². The van der Waals surface area contributed by atoms with Crippen molar-refractivity contribution in [1.29, 1.82) is 0 Å². The van der Waals surface area contributed by atoms with Crippen molar-refractivity contribution in [2.75, 3.05) is 20.8 Å². The van der Waals surface area contributed by atoms with Crippen LogP contribution in [0.2, 0.25) is 0 Å². The second-order valence-corrected chi connectivity index (χ2v) is 6.69. The number of hydrogen-bond donors (Lipinski definition) is 2. The molecule has 2 N–H and O–H groups in total. The van der Waals surface area contributed by atoms with Gasteiger partial charge in [-0.25, -0.2) is 0 Å². The summed E-state index contributed by atoms with van der Waals surface area (Å²) in [5.74, 6) is 1.11. The van der Waals surface area contributed by atoms with Gasteiger partial charge in [-0.3, -0.25) is 4.79 Å². The molecule has 0 aliphatic carbocycles. The topological polar surface area (TPSA) is 80.9 Å². The molecule has 0 aliphatic rings. The van der Waals surface area contributed by atoms with Crippen molar-refractivity contribution in [3.63, 3.8) is 0 Å². The molecule has 142 valence electrons. The van der Waals surface area contributed by atoms with Crippen LogP contribution in [-0.4, -0.2) is 37.4 Å². The number of aliphatic hydroxyl groups is 1. The van der Waals surface area contributed by atoms with Gasteiger partial charge in [0.2, 0.25) is 0 Å². The normalized spacial score (nSPS) is 13.2. The van der Waals surface area contributed by atoms with Gasteiger partial charge < -0.3 is 24.3 Å². The van der Waals surface area contributed by atoms with Crippen molar-refractivity contribution < 1.29 is 23.8 Å². The highest BCUT2D eigenvalue weighted by molar-refractivity contribution is 5.97. The van der Waals surface area contributed by atoms with Crippen LogP contribution in [0.3, 0.4) is 0 Å². The quantitative estimate of drug-likeness (QED) is 0.669. The van der Waals surface area contributed by atoms with E-state index in [-0.39, 0.29) is 18.2 Å². The van der Waals surface area contributed by atoms with Crippen molar-refractivity contribution in [3.8, 4) is 11.5 Å². The fraction of sp³-hybridized carbons (Fsp3) is 0.286. The van der Waals surface area contributed by atoms with E-state index in [0.717, 1.165) is 16.7 Å². The minimum atomic E-state index is -1.10. The highest BCUT2D eigenvalue weighted by atomic mass is 16.5. The Morgan fingerprint density at radius 1 is 1.15 bits per heavy atom. The average Bonchev–Trinajstić information content (AvgIpc) is 3.11. The van der Waals surface area contributed by atoms with Crippen molar-refractivity contribution in [1.82, 2.24) is 5.32 Å². The van der Waals surface area contributed by atoms with Crippen molar-refractivity contribution in [3.05, 3.63) is 59.9 Å². The predicted octanol–water partition coefficient (Wildman–Crippen LogP) is 3.17. The number of furan rings is 1. The summed E-state index contributed by atoms with van der Waals surface area (Å²) in [6.07, 6.45) is 0.394. The molecule has 6 heteroatoms. The number of nitrogens with one attached hydrogen (secondary N) is 1. The van der Waals surface area contributed by atoms with Crippen LogP contribution in [0.25, 0.3) is 11.0 Å². The Bertz CT molecular complexity index is 927. The van der Waals surface area contributed by atoms with E-state index in [9.17, 15) is 9.90 Å². The molecule has 2 aromatic carbocycles. The molecule has 3 rings (SSSR count). The summed E-state index contributed by atoms with van der Waals surface area (Å²) in [6, 6.07) is 14.6. The van der Waals surface area contributed by atoms with E-state index in [1.54, 1.807) is 33.3 Å². The van der Waals surface area contributed by atoms with E-state index in [4.69, 9.17) is 13.9 Å². The maximum atomic E-state index is 12.4. The van der Waals surface area contributed by atoms with Crippen LogP contribution >= 0.6 is 0 Å². The lowest BCUT2D eigenvalue weighted by Crippen LogP contribution is -2.42. The Hall–Kier alpha value is -2.99. The highest BCUT2D eigenvalue weighted by Gasteiger charge is 2.23. The zero-order chi connectivity index (χ0) is 19.4. The maximum Gasteiger partial charge on any atom is 0.287 e. The molecule has 0 saturated heterocycles. The molecule has 1 aromatic heterocycles. The van der Waals surface area contributed by atoms with E-state index in [2.05, 4.69) is 5.32 Å². The highest BCUT2D eigenvalue weighted by Crippen LogP contribution is 2.28. The summed E-state index contributed by atoms with van der Waals surface area (Å²) in [6.45, 7) is 1.77. The lowest BCUT2D eigenvalue weighted by atomic mass is 9.96. The standard InChI is InChI=1S/C21H23NO5/c1-21(24,12-14-7-9-16(25-2)10-8-14)13-22-20(23)18-11-15-5-4-6-17(26-3)19(15)27-18/h4-11,24H,12-13H2,1-3H3,(H,22,23)/t21-/m1/s1. The van der Waals surface area contributed by atoms with E-state index >= 15 is 0 Å². The maximum absolute atomic E-state index is 12.4. The minimum Gasteiger partial charge on any atom is -0.497 e. The van der Waals surface area contributed by atoms with Gasteiger partial charge in [0.05, 0.1) is 19.8 Å². The third-order valence-corrected chi connectivity index (χ3v) is 4.33. The van der Waals surface area contributed by atoms with Gasteiger partial charge in [-0.2, -0.15) is 0 Å². The number of benzene rings is 2. The van der Waals surface area contributed by atoms with Gasteiger partial charge in [0, 0.05) is 18.4 Å². The largest absolute Gasteiger partial charge is 0.497 e. The van der Waals surface area contributed by atoms with Gasteiger partial charge in [0.25, 0.3) is 5.91 Å². The molecule has 1 amide bonds. The van der Waals surface area contributed by atoms with Gasteiger partial charge in [-0.15, -0.1) is 0 Å². The van der Waals surface area contributed by atoms with E-state index < -0.39 is 5.60 Å². The molecule has 1 heterocycles. The first-order valence-electron chi connectivity index (χ1n) is 8.62. The van der Waals surface area contributed by atoms with Gasteiger partial charge in [0.1, 0.15) is 5.75 Å². The molecule has 0 saturated carbocycles. The SMILES string of the molecule is COc1ccc(C[C@@](C)(O)CNC(=O)c2cc3cccc(OC)c3o2)cc1. The Labute approximate surface area is 157 Å². The van der Waals surface area contributed by atoms with Gasteiger partial charge in [-0.1, -0.05) is 24.3 Å². The molecule has 1 atom stereocenters. The Morgan fingerprint density at radius 2 is 1.89 bits per heavy atom. The molecule has 27 heavy (non-hydrogen) atoms. The number of para-hydroxylation sites is 1. The minimum absolute atomic E-state index is 0.0893. The number of fused-ring (bicyclic) bond motifs is 1. The average molecular weight is 369 g/mol. The second kappa shape index (κ2) is 7.72. The number of amides is 1.